The van der Waals surface area contributed by atoms with Crippen molar-refractivity contribution < 1.29 is 19.1 Å². The molecule has 0 unspecified atom stereocenters. The second kappa shape index (κ2) is 9.99. The van der Waals surface area contributed by atoms with Gasteiger partial charge in [0.1, 0.15) is 5.03 Å². The summed E-state index contributed by atoms with van der Waals surface area (Å²) in [5.74, 6) is 0.969. The molecule has 0 aliphatic carbocycles. The maximum absolute atomic E-state index is 12.6. The highest BCUT2D eigenvalue weighted by atomic mass is 32.2. The summed E-state index contributed by atoms with van der Waals surface area (Å²) >= 11 is 1.22. The topological polar surface area (TPSA) is 89.6 Å². The molecule has 31 heavy (non-hydrogen) atoms. The van der Waals surface area contributed by atoms with Gasteiger partial charge in [0, 0.05) is 24.5 Å². The largest absolute Gasteiger partial charge is 0.454 e. The molecule has 0 radical (unpaired) electrons. The summed E-state index contributed by atoms with van der Waals surface area (Å²) in [6.45, 7) is 0.699. The Morgan fingerprint density at radius 1 is 1.00 bits per heavy atom. The lowest BCUT2D eigenvalue weighted by molar-refractivity contribution is -0.113. The van der Waals surface area contributed by atoms with E-state index in [4.69, 9.17) is 9.47 Å². The number of pyridine rings is 1. The highest BCUT2D eigenvalue weighted by Gasteiger charge is 2.16. The number of rotatable bonds is 8. The molecule has 0 fully saturated rings. The molecule has 1 aliphatic rings. The first-order valence-corrected chi connectivity index (χ1v) is 10.8. The molecule has 0 atom stereocenters. The second-order valence-electron chi connectivity index (χ2n) is 6.75. The van der Waals surface area contributed by atoms with Crippen molar-refractivity contribution in [2.45, 2.75) is 11.4 Å². The van der Waals surface area contributed by atoms with Crippen molar-refractivity contribution >= 4 is 29.3 Å². The van der Waals surface area contributed by atoms with E-state index in [1.165, 1.54) is 11.8 Å². The number of hydrogen-bond acceptors (Lipinski definition) is 6. The number of carbonyl (C=O) groups is 2. The van der Waals surface area contributed by atoms with Gasteiger partial charge in [-0.1, -0.05) is 42.1 Å². The molecule has 4 rings (SSSR count). The van der Waals surface area contributed by atoms with Crippen molar-refractivity contribution in [2.24, 2.45) is 0 Å². The summed E-state index contributed by atoms with van der Waals surface area (Å²) in [7, 11) is 0. The molecule has 0 bridgehead atoms. The van der Waals surface area contributed by atoms with E-state index in [1.807, 2.05) is 30.3 Å². The molecular formula is C23H21N3O4S. The lowest BCUT2D eigenvalue weighted by Crippen LogP contribution is -2.26. The monoisotopic (exact) mass is 435 g/mol. The predicted molar refractivity (Wildman–Crippen MR) is 119 cm³/mol. The highest BCUT2D eigenvalue weighted by molar-refractivity contribution is 8.00. The van der Waals surface area contributed by atoms with Crippen LogP contribution in [0.5, 0.6) is 11.5 Å². The van der Waals surface area contributed by atoms with Gasteiger partial charge in [-0.15, -0.1) is 0 Å². The van der Waals surface area contributed by atoms with E-state index < -0.39 is 0 Å². The number of benzene rings is 2. The molecule has 8 heteroatoms. The van der Waals surface area contributed by atoms with Crippen molar-refractivity contribution in [3.63, 3.8) is 0 Å². The number of anilines is 1. The Hall–Kier alpha value is -3.52. The first kappa shape index (κ1) is 20.7. The second-order valence-corrected chi connectivity index (χ2v) is 7.72. The molecular weight excluding hydrogens is 414 g/mol. The van der Waals surface area contributed by atoms with E-state index in [0.29, 0.717) is 34.3 Å². The summed E-state index contributed by atoms with van der Waals surface area (Å²) in [5.41, 5.74) is 2.23. The van der Waals surface area contributed by atoms with Gasteiger partial charge >= 0.3 is 0 Å². The van der Waals surface area contributed by atoms with Crippen LogP contribution in [0.1, 0.15) is 15.9 Å². The molecule has 0 saturated heterocycles. The van der Waals surface area contributed by atoms with Crippen LogP contribution in [-0.4, -0.2) is 35.9 Å². The Morgan fingerprint density at radius 2 is 1.84 bits per heavy atom. The quantitative estimate of drug-likeness (QED) is 0.527. The summed E-state index contributed by atoms with van der Waals surface area (Å²) in [6.07, 6.45) is 2.35. The zero-order valence-electron chi connectivity index (χ0n) is 16.7. The molecule has 2 N–H and O–H groups in total. The molecule has 3 aromatic rings. The lowest BCUT2D eigenvalue weighted by atomic mass is 10.1. The van der Waals surface area contributed by atoms with Crippen LogP contribution in [0, 0.1) is 0 Å². The van der Waals surface area contributed by atoms with E-state index in [-0.39, 0.29) is 24.4 Å². The summed E-state index contributed by atoms with van der Waals surface area (Å²) in [5, 5.41) is 6.25. The normalized spacial score (nSPS) is 11.7. The fourth-order valence-electron chi connectivity index (χ4n) is 3.04. The van der Waals surface area contributed by atoms with Gasteiger partial charge in [-0.25, -0.2) is 4.98 Å². The van der Waals surface area contributed by atoms with Crippen molar-refractivity contribution in [2.75, 3.05) is 24.4 Å². The number of amides is 2. The molecule has 2 heterocycles. The molecule has 1 aromatic heterocycles. The minimum absolute atomic E-state index is 0.121. The minimum Gasteiger partial charge on any atom is -0.454 e. The smallest absolute Gasteiger partial charge is 0.254 e. The summed E-state index contributed by atoms with van der Waals surface area (Å²) < 4.78 is 10.6. The van der Waals surface area contributed by atoms with Crippen LogP contribution in [0.4, 0.5) is 5.69 Å². The van der Waals surface area contributed by atoms with Crippen LogP contribution in [0.15, 0.2) is 71.9 Å². The number of fused-ring (bicyclic) bond motifs is 1. The molecule has 2 amide bonds. The van der Waals surface area contributed by atoms with Gasteiger partial charge in [-0.2, -0.15) is 0 Å². The Balaban J connectivity index is 1.30. The van der Waals surface area contributed by atoms with Crippen molar-refractivity contribution in [1.82, 2.24) is 10.3 Å². The van der Waals surface area contributed by atoms with E-state index in [2.05, 4.69) is 15.6 Å². The minimum atomic E-state index is -0.206. The van der Waals surface area contributed by atoms with E-state index >= 15 is 0 Å². The third-order valence-electron chi connectivity index (χ3n) is 4.55. The Labute approximate surface area is 184 Å². The molecule has 1 aliphatic heterocycles. The Morgan fingerprint density at radius 3 is 2.71 bits per heavy atom. The number of thioether (sulfide) groups is 1. The zero-order valence-corrected chi connectivity index (χ0v) is 17.5. The van der Waals surface area contributed by atoms with Gasteiger partial charge in [0.2, 0.25) is 12.7 Å². The first-order chi connectivity index (χ1) is 15.2. The van der Waals surface area contributed by atoms with Gasteiger partial charge in [0.15, 0.2) is 11.5 Å². The van der Waals surface area contributed by atoms with E-state index in [0.717, 1.165) is 12.0 Å². The van der Waals surface area contributed by atoms with Crippen LogP contribution in [0.2, 0.25) is 0 Å². The maximum atomic E-state index is 12.6. The van der Waals surface area contributed by atoms with Gasteiger partial charge < -0.3 is 20.1 Å². The highest BCUT2D eigenvalue weighted by Crippen LogP contribution is 2.34. The van der Waals surface area contributed by atoms with E-state index in [1.54, 1.807) is 36.5 Å². The molecule has 158 valence electrons. The number of carbonyl (C=O) groups excluding carboxylic acids is 2. The van der Waals surface area contributed by atoms with Crippen LogP contribution < -0.4 is 20.1 Å². The van der Waals surface area contributed by atoms with E-state index in [9.17, 15) is 9.59 Å². The lowest BCUT2D eigenvalue weighted by Gasteiger charge is -2.10. The van der Waals surface area contributed by atoms with Crippen LogP contribution in [0.25, 0.3) is 0 Å². The standard InChI is InChI=1S/C23H21N3O4S/c27-21(26-17-8-9-19-20(13-17)30-15-29-19)14-31-23-18(7-4-11-25-23)22(28)24-12-10-16-5-2-1-3-6-16/h1-9,11,13H,10,12,14-15H2,(H,24,28)(H,26,27). The van der Waals surface area contributed by atoms with Gasteiger partial charge in [-0.05, 0) is 36.2 Å². The fourth-order valence-corrected chi connectivity index (χ4v) is 3.84. The predicted octanol–water partition coefficient (Wildman–Crippen LogP) is 3.51. The Bertz CT molecular complexity index is 1080. The zero-order chi connectivity index (χ0) is 21.5. The Kier molecular flexibility index (Phi) is 6.68. The summed E-state index contributed by atoms with van der Waals surface area (Å²) in [4.78, 5) is 29.3. The number of nitrogens with zero attached hydrogens (tertiary/aromatic N) is 1. The molecule has 7 nitrogen and oxygen atoms in total. The molecule has 0 saturated carbocycles. The number of nitrogens with one attached hydrogen (secondary N) is 2. The van der Waals surface area contributed by atoms with Crippen molar-refractivity contribution in [1.29, 1.82) is 0 Å². The molecule has 0 spiro atoms. The van der Waals surface area contributed by atoms with Crippen LogP contribution in [-0.2, 0) is 11.2 Å². The maximum Gasteiger partial charge on any atom is 0.254 e. The third-order valence-corrected chi connectivity index (χ3v) is 5.56. The first-order valence-electron chi connectivity index (χ1n) is 9.78. The average Bonchev–Trinajstić information content (AvgIpc) is 3.26. The van der Waals surface area contributed by atoms with Gasteiger partial charge in [-0.3, -0.25) is 9.59 Å². The van der Waals surface area contributed by atoms with Gasteiger partial charge in [0.05, 0.1) is 11.3 Å². The number of aromatic nitrogens is 1. The third kappa shape index (κ3) is 5.55. The number of hydrogen-bond donors (Lipinski definition) is 2. The number of ether oxygens (including phenoxy) is 2. The van der Waals surface area contributed by atoms with Crippen LogP contribution in [0.3, 0.4) is 0 Å². The SMILES string of the molecule is O=C(CSc1ncccc1C(=O)NCCc1ccccc1)Nc1ccc2c(c1)OCO2. The van der Waals surface area contributed by atoms with Crippen molar-refractivity contribution in [3.05, 3.63) is 78.0 Å². The van der Waals surface area contributed by atoms with Gasteiger partial charge in [0.25, 0.3) is 5.91 Å². The molecule has 2 aromatic carbocycles. The summed E-state index contributed by atoms with van der Waals surface area (Å²) in [6, 6.07) is 18.6. The fraction of sp³-hybridized carbons (Fsp3) is 0.174. The van der Waals surface area contributed by atoms with Crippen LogP contribution >= 0.6 is 11.8 Å². The average molecular weight is 436 g/mol. The van der Waals surface area contributed by atoms with Crippen molar-refractivity contribution in [3.8, 4) is 11.5 Å².